The molecule has 4 heterocycles. The van der Waals surface area contributed by atoms with Crippen molar-refractivity contribution in [3.63, 3.8) is 0 Å². The number of piperazine rings is 1. The summed E-state index contributed by atoms with van der Waals surface area (Å²) in [6.45, 7) is 3.37. The summed E-state index contributed by atoms with van der Waals surface area (Å²) in [5.74, 6) is -0.0417. The molecule has 0 atom stereocenters. The summed E-state index contributed by atoms with van der Waals surface area (Å²) >= 11 is 1.45. The van der Waals surface area contributed by atoms with Crippen molar-refractivity contribution in [3.8, 4) is 6.07 Å². The number of thiazole rings is 1. The smallest absolute Gasteiger partial charge is 0.254 e. The molecule has 1 aromatic carbocycles. The molecular weight excluding hydrogens is 400 g/mol. The Morgan fingerprint density at radius 3 is 2.83 bits per heavy atom. The fourth-order valence-electron chi connectivity index (χ4n) is 4.14. The lowest BCUT2D eigenvalue weighted by Crippen LogP contribution is -2.48. The van der Waals surface area contributed by atoms with Crippen LogP contribution >= 0.6 is 11.3 Å². The van der Waals surface area contributed by atoms with Crippen LogP contribution in [-0.2, 0) is 6.42 Å². The number of anilines is 2. The molecular formula is C21H20N6O2S. The van der Waals surface area contributed by atoms with Gasteiger partial charge in [0.2, 0.25) is 0 Å². The van der Waals surface area contributed by atoms with Crippen molar-refractivity contribution < 1.29 is 4.79 Å². The monoisotopic (exact) mass is 420 g/mol. The van der Waals surface area contributed by atoms with Crippen LogP contribution in [0.2, 0.25) is 0 Å². The molecule has 0 unspecified atom stereocenters. The van der Waals surface area contributed by atoms with Crippen molar-refractivity contribution in [2.24, 2.45) is 0 Å². The van der Waals surface area contributed by atoms with Crippen LogP contribution in [0.15, 0.2) is 28.4 Å². The molecule has 0 bridgehead atoms. The number of nitriles is 1. The summed E-state index contributed by atoms with van der Waals surface area (Å²) in [5.41, 5.74) is 3.30. The van der Waals surface area contributed by atoms with Gasteiger partial charge >= 0.3 is 0 Å². The maximum Gasteiger partial charge on any atom is 0.254 e. The van der Waals surface area contributed by atoms with Crippen molar-refractivity contribution in [1.82, 2.24) is 14.9 Å². The number of carbonyl (C=O) groups is 1. The number of benzene rings is 1. The van der Waals surface area contributed by atoms with Crippen molar-refractivity contribution in [2.75, 3.05) is 42.9 Å². The average Bonchev–Trinajstić information content (AvgIpc) is 3.28. The van der Waals surface area contributed by atoms with Gasteiger partial charge in [-0.05, 0) is 31.0 Å². The van der Waals surface area contributed by atoms with Crippen LogP contribution in [0.4, 0.5) is 10.8 Å². The molecule has 0 saturated carbocycles. The van der Waals surface area contributed by atoms with E-state index >= 15 is 0 Å². The zero-order chi connectivity index (χ0) is 20.7. The quantitative estimate of drug-likeness (QED) is 0.658. The molecule has 30 heavy (non-hydrogen) atoms. The van der Waals surface area contributed by atoms with E-state index in [1.165, 1.54) is 11.3 Å². The third-order valence-corrected chi connectivity index (χ3v) is 6.61. The number of H-pyrrole nitrogens is 1. The van der Waals surface area contributed by atoms with E-state index in [1.807, 2.05) is 17.0 Å². The van der Waals surface area contributed by atoms with E-state index in [1.54, 1.807) is 11.4 Å². The van der Waals surface area contributed by atoms with E-state index in [9.17, 15) is 9.59 Å². The molecule has 2 aliphatic rings. The molecule has 1 saturated heterocycles. The molecule has 8 nitrogen and oxygen atoms in total. The molecule has 2 aliphatic heterocycles. The normalized spacial score (nSPS) is 16.1. The summed E-state index contributed by atoms with van der Waals surface area (Å²) in [6.07, 6.45) is 1.72. The van der Waals surface area contributed by atoms with Gasteiger partial charge in [-0.25, -0.2) is 4.98 Å². The lowest BCUT2D eigenvalue weighted by atomic mass is 10.0. The summed E-state index contributed by atoms with van der Waals surface area (Å²) < 4.78 is 0. The number of nitrogens with one attached hydrogen (secondary N) is 2. The Balaban J connectivity index is 1.35. The fraction of sp³-hybridized carbons (Fsp3) is 0.333. The first-order valence-electron chi connectivity index (χ1n) is 9.96. The third-order valence-electron chi connectivity index (χ3n) is 5.71. The summed E-state index contributed by atoms with van der Waals surface area (Å²) in [7, 11) is 0. The minimum atomic E-state index is -0.0805. The maximum absolute atomic E-state index is 13.1. The molecule has 5 rings (SSSR count). The Hall–Kier alpha value is -3.38. The number of hydrogen-bond acceptors (Lipinski definition) is 7. The first-order valence-corrected chi connectivity index (χ1v) is 10.8. The Bertz CT molecular complexity index is 1230. The van der Waals surface area contributed by atoms with Gasteiger partial charge in [-0.1, -0.05) is 0 Å². The number of hydrogen-bond donors (Lipinski definition) is 2. The molecule has 1 fully saturated rings. The van der Waals surface area contributed by atoms with Crippen LogP contribution in [0.3, 0.4) is 0 Å². The average molecular weight is 420 g/mol. The number of aromatic nitrogens is 2. The van der Waals surface area contributed by atoms with Crippen molar-refractivity contribution in [3.05, 3.63) is 50.8 Å². The van der Waals surface area contributed by atoms with Gasteiger partial charge in [0.25, 0.3) is 11.5 Å². The second-order valence-electron chi connectivity index (χ2n) is 7.50. The number of nitrogens with zero attached hydrogens (tertiary/aromatic N) is 4. The topological polar surface area (TPSA) is 105 Å². The van der Waals surface area contributed by atoms with E-state index in [-0.39, 0.29) is 11.5 Å². The van der Waals surface area contributed by atoms with Gasteiger partial charge in [0.15, 0.2) is 10.8 Å². The van der Waals surface area contributed by atoms with E-state index < -0.39 is 0 Å². The maximum atomic E-state index is 13.1. The Labute approximate surface area is 176 Å². The number of aromatic amines is 1. The predicted octanol–water partition coefficient (Wildman–Crippen LogP) is 2.18. The lowest BCUT2D eigenvalue weighted by Gasteiger charge is -2.34. The highest BCUT2D eigenvalue weighted by Crippen LogP contribution is 2.28. The van der Waals surface area contributed by atoms with Gasteiger partial charge in [-0.15, -0.1) is 11.3 Å². The van der Waals surface area contributed by atoms with Gasteiger partial charge in [-0.2, -0.15) is 5.26 Å². The number of rotatable bonds is 2. The van der Waals surface area contributed by atoms with Crippen LogP contribution in [0.25, 0.3) is 10.9 Å². The van der Waals surface area contributed by atoms with Crippen molar-refractivity contribution in [2.45, 2.75) is 12.8 Å². The zero-order valence-electron chi connectivity index (χ0n) is 16.3. The van der Waals surface area contributed by atoms with Gasteiger partial charge in [0, 0.05) is 54.6 Å². The summed E-state index contributed by atoms with van der Waals surface area (Å²) in [5, 5.41) is 15.8. The van der Waals surface area contributed by atoms with Crippen LogP contribution in [-0.4, -0.2) is 53.5 Å². The molecule has 0 aliphatic carbocycles. The standard InChI is InChI=1S/C21H20N6O2S/c22-11-14-12-30-21(24-14)27-8-6-26(7-9-27)20(29)13-3-4-15-17(10-13)25-19(28)16-2-1-5-23-18(15)16/h3-4,10,12,23H,1-2,5-9H2,(H,25,28). The first-order chi connectivity index (χ1) is 14.6. The van der Waals surface area contributed by atoms with Crippen molar-refractivity contribution in [1.29, 1.82) is 5.26 Å². The van der Waals surface area contributed by atoms with Crippen LogP contribution in [0.5, 0.6) is 0 Å². The van der Waals surface area contributed by atoms with E-state index in [4.69, 9.17) is 5.26 Å². The molecule has 2 aromatic heterocycles. The predicted molar refractivity (Wildman–Crippen MR) is 116 cm³/mol. The van der Waals surface area contributed by atoms with Gasteiger partial charge in [0.1, 0.15) is 6.07 Å². The summed E-state index contributed by atoms with van der Waals surface area (Å²) in [4.78, 5) is 36.7. The van der Waals surface area contributed by atoms with E-state index in [0.717, 1.165) is 41.2 Å². The largest absolute Gasteiger partial charge is 0.384 e. The van der Waals surface area contributed by atoms with Crippen LogP contribution < -0.4 is 15.8 Å². The zero-order valence-corrected chi connectivity index (χ0v) is 17.1. The number of carbonyl (C=O) groups excluding carboxylic acids is 1. The molecule has 0 radical (unpaired) electrons. The van der Waals surface area contributed by atoms with E-state index in [0.29, 0.717) is 43.0 Å². The lowest BCUT2D eigenvalue weighted by molar-refractivity contribution is 0.0747. The van der Waals surface area contributed by atoms with Gasteiger partial charge < -0.3 is 20.1 Å². The minimum absolute atomic E-state index is 0.0417. The molecule has 3 aromatic rings. The Kier molecular flexibility index (Phi) is 4.64. The third kappa shape index (κ3) is 3.19. The number of pyridine rings is 1. The van der Waals surface area contributed by atoms with Crippen LogP contribution in [0.1, 0.15) is 28.0 Å². The summed E-state index contributed by atoms with van der Waals surface area (Å²) in [6, 6.07) is 7.59. The van der Waals surface area contributed by atoms with Crippen LogP contribution in [0, 0.1) is 11.3 Å². The molecule has 2 N–H and O–H groups in total. The molecule has 9 heteroatoms. The highest BCUT2D eigenvalue weighted by atomic mass is 32.1. The number of amides is 1. The highest BCUT2D eigenvalue weighted by molar-refractivity contribution is 7.13. The minimum Gasteiger partial charge on any atom is -0.384 e. The first kappa shape index (κ1) is 18.6. The second-order valence-corrected chi connectivity index (χ2v) is 8.34. The Morgan fingerprint density at radius 1 is 1.23 bits per heavy atom. The number of fused-ring (bicyclic) bond motifs is 3. The van der Waals surface area contributed by atoms with Gasteiger partial charge in [-0.3, -0.25) is 9.59 Å². The highest BCUT2D eigenvalue weighted by Gasteiger charge is 2.24. The van der Waals surface area contributed by atoms with Crippen molar-refractivity contribution >= 4 is 39.0 Å². The van der Waals surface area contributed by atoms with Gasteiger partial charge in [0.05, 0.1) is 11.2 Å². The Morgan fingerprint density at radius 2 is 2.07 bits per heavy atom. The molecule has 0 spiro atoms. The second kappa shape index (κ2) is 7.46. The molecule has 1 amide bonds. The van der Waals surface area contributed by atoms with E-state index in [2.05, 4.69) is 26.3 Å². The fourth-order valence-corrected chi connectivity index (χ4v) is 4.94. The molecule has 152 valence electrons. The SMILES string of the molecule is N#Cc1csc(N2CCN(C(=O)c3ccc4c5c(c(=O)[nH]c4c3)CCCN5)CC2)n1.